The van der Waals surface area contributed by atoms with Gasteiger partial charge in [-0.3, -0.25) is 9.59 Å². The molecule has 1 atom stereocenters. The zero-order valence-electron chi connectivity index (χ0n) is 10.8. The van der Waals surface area contributed by atoms with Gasteiger partial charge in [0.1, 0.15) is 0 Å². The van der Waals surface area contributed by atoms with E-state index in [2.05, 4.69) is 0 Å². The largest absolute Gasteiger partial charge is 0.393 e. The molecule has 2 fully saturated rings. The average Bonchev–Trinajstić information content (AvgIpc) is 2.57. The molecule has 5 nitrogen and oxygen atoms in total. The van der Waals surface area contributed by atoms with Gasteiger partial charge in [-0.05, 0) is 32.1 Å². The van der Waals surface area contributed by atoms with Crippen LogP contribution in [0.1, 0.15) is 38.5 Å². The van der Waals surface area contributed by atoms with Gasteiger partial charge in [0.05, 0.1) is 12.6 Å². The smallest absolute Gasteiger partial charge is 0.242 e. The van der Waals surface area contributed by atoms with Crippen molar-refractivity contribution in [2.24, 2.45) is 0 Å². The van der Waals surface area contributed by atoms with E-state index in [4.69, 9.17) is 0 Å². The van der Waals surface area contributed by atoms with Crippen LogP contribution in [-0.2, 0) is 9.59 Å². The second-order valence-electron chi connectivity index (χ2n) is 5.24. The van der Waals surface area contributed by atoms with Gasteiger partial charge in [0.2, 0.25) is 11.8 Å². The Morgan fingerprint density at radius 2 is 2.00 bits per heavy atom. The first-order valence-corrected chi connectivity index (χ1v) is 6.90. The summed E-state index contributed by atoms with van der Waals surface area (Å²) in [6, 6.07) is 0. The lowest BCUT2D eigenvalue weighted by Crippen LogP contribution is -2.45. The van der Waals surface area contributed by atoms with E-state index in [-0.39, 0.29) is 24.5 Å². The van der Waals surface area contributed by atoms with Gasteiger partial charge in [-0.2, -0.15) is 0 Å². The van der Waals surface area contributed by atoms with Crippen LogP contribution >= 0.6 is 0 Å². The normalized spacial score (nSPS) is 26.1. The van der Waals surface area contributed by atoms with Crippen molar-refractivity contribution < 1.29 is 14.7 Å². The second-order valence-corrected chi connectivity index (χ2v) is 5.24. The summed E-state index contributed by atoms with van der Waals surface area (Å²) in [6.45, 7) is 2.25. The molecule has 0 spiro atoms. The Morgan fingerprint density at radius 1 is 1.17 bits per heavy atom. The number of carbonyl (C=O) groups is 2. The van der Waals surface area contributed by atoms with Gasteiger partial charge in [0.15, 0.2) is 0 Å². The molecule has 2 rings (SSSR count). The van der Waals surface area contributed by atoms with Crippen LogP contribution in [0.3, 0.4) is 0 Å². The third-order valence-electron chi connectivity index (χ3n) is 3.80. The van der Waals surface area contributed by atoms with Gasteiger partial charge in [-0.15, -0.1) is 0 Å². The van der Waals surface area contributed by atoms with E-state index in [1.54, 1.807) is 9.80 Å². The number of likely N-dealkylation sites (tertiary alicyclic amines) is 2. The van der Waals surface area contributed by atoms with Crippen LogP contribution in [0.2, 0.25) is 0 Å². The highest BCUT2D eigenvalue weighted by atomic mass is 16.3. The van der Waals surface area contributed by atoms with Crippen LogP contribution in [0.25, 0.3) is 0 Å². The Hall–Kier alpha value is -1.10. The minimum atomic E-state index is -0.278. The summed E-state index contributed by atoms with van der Waals surface area (Å²) in [5, 5.41) is 9.55. The fraction of sp³-hybridized carbons (Fsp3) is 0.846. The first kappa shape index (κ1) is 13.3. The molecular weight excluding hydrogens is 232 g/mol. The Balaban J connectivity index is 1.84. The number of nitrogens with zero attached hydrogens (tertiary/aromatic N) is 2. The summed E-state index contributed by atoms with van der Waals surface area (Å²) in [7, 11) is 0. The molecule has 1 N–H and O–H groups in total. The molecule has 18 heavy (non-hydrogen) atoms. The van der Waals surface area contributed by atoms with E-state index in [1.165, 1.54) is 0 Å². The second kappa shape index (κ2) is 6.18. The van der Waals surface area contributed by atoms with E-state index in [0.29, 0.717) is 32.5 Å². The van der Waals surface area contributed by atoms with E-state index in [9.17, 15) is 14.7 Å². The Morgan fingerprint density at radius 3 is 2.78 bits per heavy atom. The predicted molar refractivity (Wildman–Crippen MR) is 66.9 cm³/mol. The van der Waals surface area contributed by atoms with Crippen LogP contribution in [0, 0.1) is 0 Å². The molecule has 2 saturated heterocycles. The number of piperidine rings is 1. The lowest BCUT2D eigenvalue weighted by Gasteiger charge is -2.29. The molecule has 0 radical (unpaired) electrons. The van der Waals surface area contributed by atoms with E-state index in [0.717, 1.165) is 25.7 Å². The Labute approximate surface area is 108 Å². The molecular formula is C13H22N2O3. The van der Waals surface area contributed by atoms with E-state index >= 15 is 0 Å². The minimum Gasteiger partial charge on any atom is -0.393 e. The molecule has 0 aromatic rings. The molecule has 0 saturated carbocycles. The first-order valence-electron chi connectivity index (χ1n) is 6.90. The number of aliphatic hydroxyl groups is 1. The number of hydrogen-bond acceptors (Lipinski definition) is 3. The zero-order chi connectivity index (χ0) is 13.0. The van der Waals surface area contributed by atoms with Gasteiger partial charge in [0.25, 0.3) is 0 Å². The minimum absolute atomic E-state index is 0.0272. The standard InChI is InChI=1S/C13H22N2O3/c16-11-4-3-8-14(9-6-11)13(18)10-15-7-2-1-5-12(15)17/h11,16H,1-10H2. The van der Waals surface area contributed by atoms with Gasteiger partial charge in [-0.1, -0.05) is 0 Å². The molecule has 2 aliphatic heterocycles. The molecule has 5 heteroatoms. The molecule has 2 heterocycles. The lowest BCUT2D eigenvalue weighted by molar-refractivity contribution is -0.141. The maximum absolute atomic E-state index is 12.1. The van der Waals surface area contributed by atoms with Crippen LogP contribution in [-0.4, -0.2) is 59.0 Å². The van der Waals surface area contributed by atoms with Crippen molar-refractivity contribution in [3.8, 4) is 0 Å². The molecule has 0 aromatic heterocycles. The predicted octanol–water partition coefficient (Wildman–Crippen LogP) is 0.372. The summed E-state index contributed by atoms with van der Waals surface area (Å²) < 4.78 is 0. The molecule has 2 aliphatic rings. The summed E-state index contributed by atoms with van der Waals surface area (Å²) in [5.41, 5.74) is 0. The monoisotopic (exact) mass is 254 g/mol. The molecule has 0 bridgehead atoms. The zero-order valence-corrected chi connectivity index (χ0v) is 10.8. The first-order chi connectivity index (χ1) is 8.66. The summed E-state index contributed by atoms with van der Waals surface area (Å²) in [5.74, 6) is 0.129. The summed E-state index contributed by atoms with van der Waals surface area (Å²) in [4.78, 5) is 27.2. The summed E-state index contributed by atoms with van der Waals surface area (Å²) in [6.07, 6.45) is 4.51. The molecule has 0 aromatic carbocycles. The number of amides is 2. The van der Waals surface area contributed by atoms with Crippen molar-refractivity contribution in [3.63, 3.8) is 0 Å². The van der Waals surface area contributed by atoms with Gasteiger partial charge in [-0.25, -0.2) is 0 Å². The highest BCUT2D eigenvalue weighted by Crippen LogP contribution is 2.13. The van der Waals surface area contributed by atoms with Crippen LogP contribution in [0.15, 0.2) is 0 Å². The Kier molecular flexibility index (Phi) is 4.58. The molecule has 1 unspecified atom stereocenters. The highest BCUT2D eigenvalue weighted by molar-refractivity contribution is 5.85. The number of aliphatic hydroxyl groups excluding tert-OH is 1. The third kappa shape index (κ3) is 3.45. The maximum Gasteiger partial charge on any atom is 0.242 e. The quantitative estimate of drug-likeness (QED) is 0.774. The lowest BCUT2D eigenvalue weighted by atomic mass is 10.1. The maximum atomic E-state index is 12.1. The van der Waals surface area contributed by atoms with Crippen molar-refractivity contribution in [1.82, 2.24) is 9.80 Å². The number of hydrogen-bond donors (Lipinski definition) is 1. The van der Waals surface area contributed by atoms with Gasteiger partial charge >= 0.3 is 0 Å². The Bertz CT molecular complexity index is 319. The van der Waals surface area contributed by atoms with E-state index in [1.807, 2.05) is 0 Å². The van der Waals surface area contributed by atoms with Crippen molar-refractivity contribution in [3.05, 3.63) is 0 Å². The van der Waals surface area contributed by atoms with Crippen molar-refractivity contribution in [2.75, 3.05) is 26.2 Å². The van der Waals surface area contributed by atoms with Crippen LogP contribution in [0.5, 0.6) is 0 Å². The average molecular weight is 254 g/mol. The molecule has 102 valence electrons. The molecule has 2 amide bonds. The van der Waals surface area contributed by atoms with Crippen molar-refractivity contribution >= 4 is 11.8 Å². The van der Waals surface area contributed by atoms with E-state index < -0.39 is 0 Å². The highest BCUT2D eigenvalue weighted by Gasteiger charge is 2.24. The SMILES string of the molecule is O=C(CN1CCCCC1=O)N1CCCC(O)CC1. The van der Waals surface area contributed by atoms with Crippen LogP contribution in [0.4, 0.5) is 0 Å². The van der Waals surface area contributed by atoms with Gasteiger partial charge in [0, 0.05) is 26.1 Å². The topological polar surface area (TPSA) is 60.9 Å². The van der Waals surface area contributed by atoms with Crippen molar-refractivity contribution in [1.29, 1.82) is 0 Å². The fourth-order valence-electron chi connectivity index (χ4n) is 2.62. The molecule has 0 aliphatic carbocycles. The number of rotatable bonds is 2. The van der Waals surface area contributed by atoms with Crippen LogP contribution < -0.4 is 0 Å². The third-order valence-corrected chi connectivity index (χ3v) is 3.80. The van der Waals surface area contributed by atoms with Gasteiger partial charge < -0.3 is 14.9 Å². The fourth-order valence-corrected chi connectivity index (χ4v) is 2.62. The summed E-state index contributed by atoms with van der Waals surface area (Å²) >= 11 is 0. The van der Waals surface area contributed by atoms with Crippen molar-refractivity contribution in [2.45, 2.75) is 44.6 Å². The number of carbonyl (C=O) groups excluding carboxylic acids is 2.